The van der Waals surface area contributed by atoms with Crippen LogP contribution in [0, 0.1) is 0 Å². The summed E-state index contributed by atoms with van der Waals surface area (Å²) in [5.74, 6) is 3.82. The van der Waals surface area contributed by atoms with E-state index in [-0.39, 0.29) is 6.10 Å². The number of hydrogen-bond acceptors (Lipinski definition) is 6. The Labute approximate surface area is 172 Å². The first-order valence-corrected chi connectivity index (χ1v) is 11.0. The first kappa shape index (κ1) is 19.0. The van der Waals surface area contributed by atoms with Crippen LogP contribution in [0.15, 0.2) is 24.3 Å². The van der Waals surface area contributed by atoms with Crippen LogP contribution in [0.2, 0.25) is 0 Å². The van der Waals surface area contributed by atoms with Gasteiger partial charge in [0.2, 0.25) is 0 Å². The molecule has 7 nitrogen and oxygen atoms in total. The Kier molecular flexibility index (Phi) is 5.78. The molecular weight excluding hydrogens is 366 g/mol. The van der Waals surface area contributed by atoms with Crippen LogP contribution in [-0.4, -0.2) is 58.6 Å². The number of aromatic nitrogens is 3. The van der Waals surface area contributed by atoms with E-state index in [2.05, 4.69) is 43.2 Å². The van der Waals surface area contributed by atoms with Crippen LogP contribution in [0.1, 0.15) is 48.8 Å². The highest BCUT2D eigenvalue weighted by Crippen LogP contribution is 2.27. The molecule has 2 saturated heterocycles. The molecule has 0 amide bonds. The summed E-state index contributed by atoms with van der Waals surface area (Å²) in [5.41, 5.74) is 1.23. The van der Waals surface area contributed by atoms with E-state index in [1.807, 2.05) is 6.07 Å². The quantitative estimate of drug-likeness (QED) is 0.807. The second-order valence-electron chi connectivity index (χ2n) is 8.41. The van der Waals surface area contributed by atoms with Gasteiger partial charge < -0.3 is 19.4 Å². The highest BCUT2D eigenvalue weighted by Gasteiger charge is 2.27. The topological polar surface area (TPSA) is 64.4 Å². The summed E-state index contributed by atoms with van der Waals surface area (Å²) in [7, 11) is 0. The summed E-state index contributed by atoms with van der Waals surface area (Å²) in [6.07, 6.45) is 4.81. The number of nitrogens with one attached hydrogen (secondary N) is 1. The number of benzene rings is 1. The Bertz CT molecular complexity index is 811. The van der Waals surface area contributed by atoms with Crippen molar-refractivity contribution in [1.29, 1.82) is 0 Å². The van der Waals surface area contributed by atoms with E-state index in [4.69, 9.17) is 9.47 Å². The Morgan fingerprint density at radius 2 is 2.00 bits per heavy atom. The van der Waals surface area contributed by atoms with E-state index in [0.717, 1.165) is 83.1 Å². The summed E-state index contributed by atoms with van der Waals surface area (Å²) in [4.78, 5) is 2.45. The molecule has 0 aliphatic carbocycles. The zero-order valence-electron chi connectivity index (χ0n) is 17.1. The summed E-state index contributed by atoms with van der Waals surface area (Å²) in [6, 6.07) is 8.39. The molecule has 3 aliphatic heterocycles. The zero-order chi connectivity index (χ0) is 19.5. The van der Waals surface area contributed by atoms with Crippen molar-refractivity contribution >= 4 is 0 Å². The fourth-order valence-electron chi connectivity index (χ4n) is 4.72. The predicted molar refractivity (Wildman–Crippen MR) is 110 cm³/mol. The fraction of sp³-hybridized carbons (Fsp3) is 0.636. The summed E-state index contributed by atoms with van der Waals surface area (Å²) >= 11 is 0. The Hall–Kier alpha value is -1.96. The third kappa shape index (κ3) is 4.32. The standard InChI is InChI=1S/C22H31N5O2/c1-2-6-20(29-16-19-5-3-13-28-19)18(4-1)14-26-11-12-27-21(15-26)24-25-22(27)17-7-9-23-10-8-17/h1-2,4,6,17,19,23H,3,5,7-16H2. The van der Waals surface area contributed by atoms with E-state index >= 15 is 0 Å². The van der Waals surface area contributed by atoms with Crippen LogP contribution >= 0.6 is 0 Å². The molecule has 1 aromatic carbocycles. The van der Waals surface area contributed by atoms with Gasteiger partial charge in [0.25, 0.3) is 0 Å². The monoisotopic (exact) mass is 397 g/mol. The van der Waals surface area contributed by atoms with Gasteiger partial charge in [0, 0.05) is 37.7 Å². The molecule has 0 radical (unpaired) electrons. The Morgan fingerprint density at radius 1 is 1.10 bits per heavy atom. The third-order valence-electron chi connectivity index (χ3n) is 6.38. The lowest BCUT2D eigenvalue weighted by molar-refractivity contribution is 0.0671. The van der Waals surface area contributed by atoms with E-state index in [1.54, 1.807) is 0 Å². The molecule has 1 atom stereocenters. The van der Waals surface area contributed by atoms with E-state index in [1.165, 1.54) is 11.4 Å². The normalized spacial score (nSPS) is 23.2. The van der Waals surface area contributed by atoms with Crippen molar-refractivity contribution in [1.82, 2.24) is 25.0 Å². The van der Waals surface area contributed by atoms with Gasteiger partial charge in [0.15, 0.2) is 0 Å². The van der Waals surface area contributed by atoms with Crippen molar-refractivity contribution in [3.05, 3.63) is 41.5 Å². The largest absolute Gasteiger partial charge is 0.491 e. The van der Waals surface area contributed by atoms with Crippen LogP contribution in [0.25, 0.3) is 0 Å². The van der Waals surface area contributed by atoms with Crippen molar-refractivity contribution in [3.8, 4) is 5.75 Å². The number of nitrogens with zero attached hydrogens (tertiary/aromatic N) is 4. The SMILES string of the molecule is c1ccc(OCC2CCCO2)c(CN2CCn3c(nnc3C3CCNCC3)C2)c1. The molecule has 2 aromatic rings. The number of piperidine rings is 1. The number of fused-ring (bicyclic) bond motifs is 1. The van der Waals surface area contributed by atoms with Gasteiger partial charge in [-0.25, -0.2) is 0 Å². The van der Waals surface area contributed by atoms with Gasteiger partial charge in [0.1, 0.15) is 24.0 Å². The van der Waals surface area contributed by atoms with E-state index in [0.29, 0.717) is 12.5 Å². The first-order valence-electron chi connectivity index (χ1n) is 11.0. The lowest BCUT2D eigenvalue weighted by Gasteiger charge is -2.30. The first-order chi connectivity index (χ1) is 14.4. The lowest BCUT2D eigenvalue weighted by Crippen LogP contribution is -2.35. The smallest absolute Gasteiger partial charge is 0.147 e. The summed E-state index contributed by atoms with van der Waals surface area (Å²) < 4.78 is 14.2. The van der Waals surface area contributed by atoms with Gasteiger partial charge in [-0.2, -0.15) is 0 Å². The molecule has 0 spiro atoms. The molecule has 0 saturated carbocycles. The number of rotatable bonds is 6. The highest BCUT2D eigenvalue weighted by atomic mass is 16.5. The molecule has 1 N–H and O–H groups in total. The van der Waals surface area contributed by atoms with Gasteiger partial charge in [-0.3, -0.25) is 4.90 Å². The van der Waals surface area contributed by atoms with Gasteiger partial charge >= 0.3 is 0 Å². The van der Waals surface area contributed by atoms with Crippen molar-refractivity contribution in [2.45, 2.75) is 57.3 Å². The molecule has 2 fully saturated rings. The van der Waals surface area contributed by atoms with Crippen molar-refractivity contribution in [2.24, 2.45) is 0 Å². The average Bonchev–Trinajstić information content (AvgIpc) is 3.43. The fourth-order valence-corrected chi connectivity index (χ4v) is 4.72. The van der Waals surface area contributed by atoms with Crippen LogP contribution in [0.4, 0.5) is 0 Å². The maximum atomic E-state index is 6.12. The minimum Gasteiger partial charge on any atom is -0.491 e. The van der Waals surface area contributed by atoms with Gasteiger partial charge in [-0.05, 0) is 44.8 Å². The molecule has 7 heteroatoms. The third-order valence-corrected chi connectivity index (χ3v) is 6.38. The minimum atomic E-state index is 0.241. The molecule has 1 unspecified atom stereocenters. The van der Waals surface area contributed by atoms with E-state index in [9.17, 15) is 0 Å². The molecule has 5 rings (SSSR count). The molecular formula is C22H31N5O2. The number of ether oxygens (including phenoxy) is 2. The maximum absolute atomic E-state index is 6.12. The predicted octanol–water partition coefficient (Wildman–Crippen LogP) is 2.32. The van der Waals surface area contributed by atoms with Crippen LogP contribution in [-0.2, 0) is 24.4 Å². The van der Waals surface area contributed by atoms with Crippen molar-refractivity contribution in [3.63, 3.8) is 0 Å². The van der Waals surface area contributed by atoms with Crippen molar-refractivity contribution < 1.29 is 9.47 Å². The average molecular weight is 398 g/mol. The Morgan fingerprint density at radius 3 is 2.86 bits per heavy atom. The van der Waals surface area contributed by atoms with Gasteiger partial charge in [-0.1, -0.05) is 18.2 Å². The van der Waals surface area contributed by atoms with Crippen LogP contribution in [0.5, 0.6) is 5.75 Å². The second kappa shape index (κ2) is 8.81. The Balaban J connectivity index is 1.23. The number of hydrogen-bond donors (Lipinski definition) is 1. The summed E-state index contributed by atoms with van der Waals surface area (Å²) in [5, 5.41) is 12.6. The van der Waals surface area contributed by atoms with Crippen molar-refractivity contribution in [2.75, 3.05) is 32.8 Å². The number of para-hydroxylation sites is 1. The van der Waals surface area contributed by atoms with E-state index < -0.39 is 0 Å². The molecule has 3 aliphatic rings. The van der Waals surface area contributed by atoms with Gasteiger partial charge in [0.05, 0.1) is 12.6 Å². The van der Waals surface area contributed by atoms with Crippen LogP contribution < -0.4 is 10.1 Å². The van der Waals surface area contributed by atoms with Crippen LogP contribution in [0.3, 0.4) is 0 Å². The summed E-state index contributed by atoms with van der Waals surface area (Å²) in [6.45, 7) is 7.39. The molecule has 156 valence electrons. The molecule has 29 heavy (non-hydrogen) atoms. The van der Waals surface area contributed by atoms with Gasteiger partial charge in [-0.15, -0.1) is 10.2 Å². The zero-order valence-corrected chi connectivity index (χ0v) is 17.1. The molecule has 1 aromatic heterocycles. The maximum Gasteiger partial charge on any atom is 0.147 e. The lowest BCUT2D eigenvalue weighted by atomic mass is 9.97. The highest BCUT2D eigenvalue weighted by molar-refractivity contribution is 5.33. The molecule has 0 bridgehead atoms. The minimum absolute atomic E-state index is 0.241. The molecule has 4 heterocycles. The second-order valence-corrected chi connectivity index (χ2v) is 8.41.